The van der Waals surface area contributed by atoms with E-state index in [2.05, 4.69) is 10.6 Å². The molecule has 7 heteroatoms. The van der Waals surface area contributed by atoms with Crippen LogP contribution in [0.3, 0.4) is 0 Å². The van der Waals surface area contributed by atoms with E-state index in [-0.39, 0.29) is 11.5 Å². The van der Waals surface area contributed by atoms with Crippen molar-refractivity contribution in [1.29, 1.82) is 0 Å². The van der Waals surface area contributed by atoms with Crippen LogP contribution in [0.2, 0.25) is 0 Å². The number of carboxylic acid groups (broad SMARTS) is 1. The maximum absolute atomic E-state index is 12.7. The third-order valence-electron chi connectivity index (χ3n) is 3.96. The molecule has 2 amide bonds. The molecule has 0 bridgehead atoms. The van der Waals surface area contributed by atoms with Crippen molar-refractivity contribution in [2.24, 2.45) is 5.92 Å². The largest absolute Gasteiger partial charge is 0.496 e. The van der Waals surface area contributed by atoms with E-state index in [1.54, 1.807) is 44.2 Å². The summed E-state index contributed by atoms with van der Waals surface area (Å²) in [4.78, 5) is 36.3. The molecule has 7 nitrogen and oxygen atoms in total. The number of hydrogen-bond acceptors (Lipinski definition) is 4. The highest BCUT2D eigenvalue weighted by Gasteiger charge is 2.26. The van der Waals surface area contributed by atoms with Gasteiger partial charge >= 0.3 is 5.97 Å². The molecular weight excluding hydrogens is 348 g/mol. The third kappa shape index (κ3) is 5.07. The van der Waals surface area contributed by atoms with Gasteiger partial charge in [-0.15, -0.1) is 0 Å². The van der Waals surface area contributed by atoms with Gasteiger partial charge in [0.25, 0.3) is 5.91 Å². The number of rotatable bonds is 7. The lowest BCUT2D eigenvalue weighted by Crippen LogP contribution is -2.47. The first-order valence-electron chi connectivity index (χ1n) is 8.41. The van der Waals surface area contributed by atoms with Gasteiger partial charge in [0.1, 0.15) is 11.8 Å². The van der Waals surface area contributed by atoms with Crippen molar-refractivity contribution in [2.75, 3.05) is 12.4 Å². The minimum Gasteiger partial charge on any atom is -0.496 e. The first-order valence-corrected chi connectivity index (χ1v) is 8.41. The summed E-state index contributed by atoms with van der Waals surface area (Å²) in [5, 5.41) is 14.4. The van der Waals surface area contributed by atoms with E-state index in [0.29, 0.717) is 17.0 Å². The van der Waals surface area contributed by atoms with Crippen LogP contribution in [0.25, 0.3) is 0 Å². The normalized spacial score (nSPS) is 11.6. The summed E-state index contributed by atoms with van der Waals surface area (Å²) >= 11 is 0. The zero-order valence-electron chi connectivity index (χ0n) is 15.4. The number of methoxy groups -OCH3 is 1. The maximum Gasteiger partial charge on any atom is 0.335 e. The summed E-state index contributed by atoms with van der Waals surface area (Å²) in [6, 6.07) is 11.8. The number of anilines is 1. The molecule has 142 valence electrons. The Balaban J connectivity index is 2.17. The fraction of sp³-hybridized carbons (Fsp3) is 0.250. The number of nitrogens with one attached hydrogen (secondary N) is 2. The molecule has 0 aliphatic carbocycles. The predicted octanol–water partition coefficient (Wildman–Crippen LogP) is 2.79. The van der Waals surface area contributed by atoms with E-state index < -0.39 is 23.8 Å². The first-order chi connectivity index (χ1) is 12.8. The summed E-state index contributed by atoms with van der Waals surface area (Å²) in [5.41, 5.74) is 0.732. The number of carbonyl (C=O) groups excluding carboxylic acids is 2. The zero-order chi connectivity index (χ0) is 20.0. The lowest BCUT2D eigenvalue weighted by molar-refractivity contribution is -0.118. The Kier molecular flexibility index (Phi) is 6.54. The molecule has 0 heterocycles. The highest BCUT2D eigenvalue weighted by atomic mass is 16.5. The molecule has 1 atom stereocenters. The summed E-state index contributed by atoms with van der Waals surface area (Å²) < 4.78 is 5.18. The molecule has 0 spiro atoms. The molecule has 1 unspecified atom stereocenters. The van der Waals surface area contributed by atoms with Crippen LogP contribution in [0.5, 0.6) is 5.75 Å². The van der Waals surface area contributed by atoms with Crippen LogP contribution in [-0.4, -0.2) is 36.0 Å². The van der Waals surface area contributed by atoms with Crippen molar-refractivity contribution in [2.45, 2.75) is 19.9 Å². The minimum absolute atomic E-state index is 0.0620. The van der Waals surface area contributed by atoms with Gasteiger partial charge in [0.05, 0.1) is 18.2 Å². The van der Waals surface area contributed by atoms with Crippen molar-refractivity contribution in [3.63, 3.8) is 0 Å². The fourth-order valence-corrected chi connectivity index (χ4v) is 2.54. The van der Waals surface area contributed by atoms with Gasteiger partial charge in [0.15, 0.2) is 0 Å². The Morgan fingerprint density at radius 2 is 1.74 bits per heavy atom. The molecule has 0 saturated carbocycles. The second-order valence-electron chi connectivity index (χ2n) is 6.27. The molecule has 0 fully saturated rings. The molecule has 0 radical (unpaired) electrons. The summed E-state index contributed by atoms with van der Waals surface area (Å²) in [6.45, 7) is 3.61. The van der Waals surface area contributed by atoms with E-state index in [0.717, 1.165) is 0 Å². The number of carbonyl (C=O) groups is 3. The van der Waals surface area contributed by atoms with Crippen molar-refractivity contribution >= 4 is 23.5 Å². The van der Waals surface area contributed by atoms with Gasteiger partial charge < -0.3 is 20.5 Å². The van der Waals surface area contributed by atoms with Crippen LogP contribution in [0, 0.1) is 5.92 Å². The highest BCUT2D eigenvalue weighted by molar-refractivity contribution is 6.03. The van der Waals surface area contributed by atoms with Gasteiger partial charge in [-0.05, 0) is 36.2 Å². The van der Waals surface area contributed by atoms with Crippen LogP contribution in [-0.2, 0) is 4.79 Å². The molecule has 2 aromatic rings. The van der Waals surface area contributed by atoms with Gasteiger partial charge in [-0.2, -0.15) is 0 Å². The van der Waals surface area contributed by atoms with E-state index >= 15 is 0 Å². The second-order valence-corrected chi connectivity index (χ2v) is 6.27. The predicted molar refractivity (Wildman–Crippen MR) is 101 cm³/mol. The Morgan fingerprint density at radius 1 is 1.04 bits per heavy atom. The van der Waals surface area contributed by atoms with Crippen molar-refractivity contribution in [3.8, 4) is 5.75 Å². The van der Waals surface area contributed by atoms with E-state index in [1.807, 2.05) is 0 Å². The zero-order valence-corrected chi connectivity index (χ0v) is 15.4. The number of carboxylic acids is 1. The molecule has 2 rings (SSSR count). The third-order valence-corrected chi connectivity index (χ3v) is 3.96. The van der Waals surface area contributed by atoms with E-state index in [9.17, 15) is 14.4 Å². The number of ether oxygens (including phenoxy) is 1. The molecule has 2 aromatic carbocycles. The van der Waals surface area contributed by atoms with Gasteiger partial charge in [0.2, 0.25) is 5.91 Å². The van der Waals surface area contributed by atoms with E-state index in [4.69, 9.17) is 9.84 Å². The monoisotopic (exact) mass is 370 g/mol. The summed E-state index contributed by atoms with van der Waals surface area (Å²) in [7, 11) is 1.47. The number of aromatic carboxylic acids is 1. The molecule has 0 aliphatic heterocycles. The molecule has 0 aromatic heterocycles. The van der Waals surface area contributed by atoms with Crippen LogP contribution in [0.4, 0.5) is 5.69 Å². The van der Waals surface area contributed by atoms with Crippen LogP contribution in [0.15, 0.2) is 48.5 Å². The van der Waals surface area contributed by atoms with Gasteiger partial charge in [-0.25, -0.2) is 4.79 Å². The number of para-hydroxylation sites is 1. The Morgan fingerprint density at radius 3 is 2.37 bits per heavy atom. The number of amides is 2. The van der Waals surface area contributed by atoms with Crippen LogP contribution < -0.4 is 15.4 Å². The quantitative estimate of drug-likeness (QED) is 0.695. The Labute approximate surface area is 157 Å². The topological polar surface area (TPSA) is 105 Å². The molecule has 0 aliphatic rings. The average molecular weight is 370 g/mol. The van der Waals surface area contributed by atoms with Gasteiger partial charge in [-0.1, -0.05) is 32.0 Å². The van der Waals surface area contributed by atoms with Crippen molar-refractivity contribution < 1.29 is 24.2 Å². The smallest absolute Gasteiger partial charge is 0.335 e. The highest BCUT2D eigenvalue weighted by Crippen LogP contribution is 2.18. The van der Waals surface area contributed by atoms with E-state index in [1.165, 1.54) is 25.3 Å². The average Bonchev–Trinajstić information content (AvgIpc) is 2.65. The number of hydrogen-bond donors (Lipinski definition) is 3. The first kappa shape index (κ1) is 20.0. The van der Waals surface area contributed by atoms with Crippen LogP contribution >= 0.6 is 0 Å². The maximum atomic E-state index is 12.7. The lowest BCUT2D eigenvalue weighted by Gasteiger charge is -2.22. The van der Waals surface area contributed by atoms with Crippen molar-refractivity contribution in [1.82, 2.24) is 5.32 Å². The molecule has 27 heavy (non-hydrogen) atoms. The molecular formula is C20H22N2O5. The lowest BCUT2D eigenvalue weighted by atomic mass is 10.0. The van der Waals surface area contributed by atoms with Gasteiger partial charge in [-0.3, -0.25) is 9.59 Å². The fourth-order valence-electron chi connectivity index (χ4n) is 2.54. The Bertz CT molecular complexity index is 848. The van der Waals surface area contributed by atoms with Gasteiger partial charge in [0, 0.05) is 5.69 Å². The summed E-state index contributed by atoms with van der Waals surface area (Å²) in [5.74, 6) is -1.73. The van der Waals surface area contributed by atoms with Crippen LogP contribution in [0.1, 0.15) is 34.6 Å². The minimum atomic E-state index is -1.09. The molecule has 3 N–H and O–H groups in total. The van der Waals surface area contributed by atoms with Crippen molar-refractivity contribution in [3.05, 3.63) is 59.7 Å². The SMILES string of the molecule is COc1ccccc1C(=O)NC(C(=O)Nc1cccc(C(=O)O)c1)C(C)C. The summed E-state index contributed by atoms with van der Waals surface area (Å²) in [6.07, 6.45) is 0. The second kappa shape index (κ2) is 8.84. The number of benzene rings is 2. The molecule has 0 saturated heterocycles. The standard InChI is InChI=1S/C20H22N2O5/c1-12(2)17(22-18(23)15-9-4-5-10-16(15)27-3)19(24)21-14-8-6-7-13(11-14)20(25)26/h4-12,17H,1-3H3,(H,21,24)(H,22,23)(H,25,26). The Hall–Kier alpha value is -3.35.